The van der Waals surface area contributed by atoms with Crippen molar-refractivity contribution in [3.63, 3.8) is 0 Å². The first kappa shape index (κ1) is 17.3. The van der Waals surface area contributed by atoms with Crippen molar-refractivity contribution in [2.24, 2.45) is 0 Å². The van der Waals surface area contributed by atoms with E-state index < -0.39 is 13.0 Å². The lowest BCUT2D eigenvalue weighted by molar-refractivity contribution is 0.230. The van der Waals surface area contributed by atoms with Crippen LogP contribution in [0, 0.1) is 12.3 Å². The van der Waals surface area contributed by atoms with Crippen LogP contribution in [0.15, 0.2) is 29.1 Å². The van der Waals surface area contributed by atoms with Gasteiger partial charge in [-0.3, -0.25) is 9.36 Å². The Kier molecular flexibility index (Phi) is 5.27. The molecule has 0 radical (unpaired) electrons. The third kappa shape index (κ3) is 3.04. The van der Waals surface area contributed by atoms with Crippen molar-refractivity contribution in [1.82, 2.24) is 4.57 Å². The van der Waals surface area contributed by atoms with Crippen LogP contribution in [0.2, 0.25) is 0 Å². The minimum atomic E-state index is -3.83. The highest BCUT2D eigenvalue weighted by atomic mass is 31.2. The molecular weight excluding hydrogens is 315 g/mol. The van der Waals surface area contributed by atoms with Gasteiger partial charge in [-0.15, -0.1) is 6.42 Å². The van der Waals surface area contributed by atoms with Gasteiger partial charge in [0.25, 0.3) is 0 Å². The van der Waals surface area contributed by atoms with Crippen LogP contribution in [0.1, 0.15) is 13.8 Å². The first-order valence-corrected chi connectivity index (χ1v) is 8.78. The molecule has 0 aliphatic heterocycles. The van der Waals surface area contributed by atoms with Crippen molar-refractivity contribution in [3.8, 4) is 12.3 Å². The first-order valence-electron chi connectivity index (χ1n) is 7.24. The fourth-order valence-electron chi connectivity index (χ4n) is 2.44. The van der Waals surface area contributed by atoms with Crippen LogP contribution in [-0.4, -0.2) is 17.8 Å². The average Bonchev–Trinajstić information content (AvgIpc) is 2.52. The minimum absolute atomic E-state index is 0.0110. The molecule has 2 rings (SSSR count). The van der Waals surface area contributed by atoms with E-state index in [0.29, 0.717) is 10.9 Å². The van der Waals surface area contributed by atoms with Gasteiger partial charge >= 0.3 is 7.60 Å². The zero-order chi connectivity index (χ0) is 17.0. The Bertz CT molecular complexity index is 857. The molecule has 0 bridgehead atoms. The quantitative estimate of drug-likeness (QED) is 0.646. The molecule has 0 aliphatic carbocycles. The Balaban J connectivity index is 2.91. The number of para-hydroxylation sites is 1. The maximum absolute atomic E-state index is 13.1. The molecule has 23 heavy (non-hydrogen) atoms. The molecule has 2 N–H and O–H groups in total. The van der Waals surface area contributed by atoms with Gasteiger partial charge in [-0.1, -0.05) is 18.1 Å². The summed E-state index contributed by atoms with van der Waals surface area (Å²) in [7, 11) is -3.83. The Hall–Kier alpha value is -2.06. The van der Waals surface area contributed by atoms with Crippen molar-refractivity contribution in [2.45, 2.75) is 20.4 Å². The highest BCUT2D eigenvalue weighted by Crippen LogP contribution is 2.47. The van der Waals surface area contributed by atoms with Crippen molar-refractivity contribution >= 4 is 29.6 Å². The largest absolute Gasteiger partial charge is 0.384 e. The molecule has 0 fully saturated rings. The molecule has 1 aromatic carbocycles. The minimum Gasteiger partial charge on any atom is -0.384 e. The van der Waals surface area contributed by atoms with Gasteiger partial charge in [0.05, 0.1) is 25.3 Å². The normalized spacial score (nSPS) is 11.5. The number of aromatic nitrogens is 1. The Labute approximate surface area is 134 Å². The lowest BCUT2D eigenvalue weighted by Gasteiger charge is -2.21. The molecule has 0 amide bonds. The zero-order valence-electron chi connectivity index (χ0n) is 13.1. The molecule has 122 valence electrons. The highest BCUT2D eigenvalue weighted by Gasteiger charge is 2.34. The molecule has 0 saturated heterocycles. The molecule has 1 heterocycles. The fourth-order valence-corrected chi connectivity index (χ4v) is 4.22. The summed E-state index contributed by atoms with van der Waals surface area (Å²) in [5.74, 6) is 2.50. The van der Waals surface area contributed by atoms with Crippen molar-refractivity contribution in [1.29, 1.82) is 0 Å². The third-order valence-electron chi connectivity index (χ3n) is 3.31. The highest BCUT2D eigenvalue weighted by molar-refractivity contribution is 7.62. The van der Waals surface area contributed by atoms with Crippen LogP contribution in [-0.2, 0) is 20.2 Å². The lowest BCUT2D eigenvalue weighted by Crippen LogP contribution is -2.33. The Morgan fingerprint density at radius 3 is 2.43 bits per heavy atom. The zero-order valence-corrected chi connectivity index (χ0v) is 14.0. The Morgan fingerprint density at radius 2 is 1.87 bits per heavy atom. The number of nitrogens with two attached hydrogens (primary N) is 1. The van der Waals surface area contributed by atoms with Crippen LogP contribution in [0.5, 0.6) is 0 Å². The summed E-state index contributed by atoms with van der Waals surface area (Å²) in [6, 6.07) is 6.87. The lowest BCUT2D eigenvalue weighted by atomic mass is 10.2. The van der Waals surface area contributed by atoms with Gasteiger partial charge in [0, 0.05) is 5.39 Å². The van der Waals surface area contributed by atoms with E-state index in [9.17, 15) is 9.36 Å². The summed E-state index contributed by atoms with van der Waals surface area (Å²) in [4.78, 5) is 12.8. The van der Waals surface area contributed by atoms with Crippen LogP contribution >= 0.6 is 7.60 Å². The maximum atomic E-state index is 13.1. The first-order chi connectivity index (χ1) is 11.0. The number of pyridine rings is 1. The molecule has 0 aliphatic rings. The van der Waals surface area contributed by atoms with E-state index in [4.69, 9.17) is 21.2 Å². The summed E-state index contributed by atoms with van der Waals surface area (Å²) < 4.78 is 25.2. The predicted octanol–water partition coefficient (Wildman–Crippen LogP) is 2.11. The van der Waals surface area contributed by atoms with Gasteiger partial charge in [0.2, 0.25) is 5.43 Å². The molecule has 0 atom stereocenters. The van der Waals surface area contributed by atoms with Crippen molar-refractivity contribution < 1.29 is 13.6 Å². The molecule has 0 saturated carbocycles. The number of rotatable bonds is 6. The number of hydrogen-bond donors (Lipinski definition) is 1. The van der Waals surface area contributed by atoms with Crippen molar-refractivity contribution in [2.75, 3.05) is 18.9 Å². The fraction of sp³-hybridized carbons (Fsp3) is 0.312. The van der Waals surface area contributed by atoms with E-state index in [1.807, 2.05) is 0 Å². The van der Waals surface area contributed by atoms with Crippen LogP contribution in [0.3, 0.4) is 0 Å². The van der Waals surface area contributed by atoms with Crippen LogP contribution in [0.4, 0.5) is 5.82 Å². The average molecular weight is 334 g/mol. The maximum Gasteiger partial charge on any atom is 0.368 e. The summed E-state index contributed by atoms with van der Waals surface area (Å²) in [5.41, 5.74) is 6.24. The van der Waals surface area contributed by atoms with E-state index in [1.165, 1.54) is 0 Å². The van der Waals surface area contributed by atoms with Gasteiger partial charge in [-0.25, -0.2) is 0 Å². The van der Waals surface area contributed by atoms with Gasteiger partial charge in [-0.2, -0.15) is 0 Å². The smallest absolute Gasteiger partial charge is 0.368 e. The van der Waals surface area contributed by atoms with Crippen LogP contribution < -0.4 is 16.5 Å². The summed E-state index contributed by atoms with van der Waals surface area (Å²) in [6.07, 6.45) is 5.40. The molecule has 1 aromatic heterocycles. The molecular formula is C16H19N2O4P. The standard InChI is InChI=1S/C16H19N2O4P/c1-4-11-18-13-10-8-7-9-12(13)14(19)15(16(18)17)23(20,21-5-2)22-6-3/h1,7-10H,5-6,11,17H2,2-3H3. The van der Waals surface area contributed by atoms with E-state index in [-0.39, 0.29) is 30.9 Å². The summed E-state index contributed by atoms with van der Waals surface area (Å²) in [6.45, 7) is 3.72. The summed E-state index contributed by atoms with van der Waals surface area (Å²) in [5, 5.41) is 0.210. The second-order valence-corrected chi connectivity index (χ2v) is 6.66. The third-order valence-corrected chi connectivity index (χ3v) is 5.49. The number of nitrogen functional groups attached to an aromatic ring is 1. The predicted molar refractivity (Wildman–Crippen MR) is 91.9 cm³/mol. The SMILES string of the molecule is C#CCn1c(N)c(P(=O)(OCC)OCC)c(=O)c2ccccc21. The molecule has 0 unspecified atom stereocenters. The molecule has 2 aromatic rings. The number of hydrogen-bond acceptors (Lipinski definition) is 5. The van der Waals surface area contributed by atoms with Gasteiger partial charge in [0.1, 0.15) is 5.82 Å². The van der Waals surface area contributed by atoms with E-state index in [2.05, 4.69) is 5.92 Å². The molecule has 6 nitrogen and oxygen atoms in total. The Morgan fingerprint density at radius 1 is 1.26 bits per heavy atom. The second kappa shape index (κ2) is 7.01. The number of nitrogens with zero attached hydrogens (tertiary/aromatic N) is 1. The van der Waals surface area contributed by atoms with Crippen molar-refractivity contribution in [3.05, 3.63) is 34.5 Å². The van der Waals surface area contributed by atoms with E-state index in [1.54, 1.807) is 42.7 Å². The van der Waals surface area contributed by atoms with Gasteiger partial charge in [-0.05, 0) is 26.0 Å². The van der Waals surface area contributed by atoms with E-state index in [0.717, 1.165) is 0 Å². The van der Waals surface area contributed by atoms with Gasteiger partial charge < -0.3 is 19.3 Å². The number of terminal acetylenes is 1. The monoisotopic (exact) mass is 334 g/mol. The number of fused-ring (bicyclic) bond motifs is 1. The number of anilines is 1. The van der Waals surface area contributed by atoms with Gasteiger partial charge in [0.15, 0.2) is 5.30 Å². The van der Waals surface area contributed by atoms with Crippen LogP contribution in [0.25, 0.3) is 10.9 Å². The topological polar surface area (TPSA) is 83.6 Å². The molecule has 0 spiro atoms. The van der Waals surface area contributed by atoms with E-state index >= 15 is 0 Å². The molecule has 7 heteroatoms. The second-order valence-electron chi connectivity index (χ2n) is 4.70. The number of benzene rings is 1. The summed E-state index contributed by atoms with van der Waals surface area (Å²) >= 11 is 0.